The number of halogens is 2. The largest absolute Gasteiger partial charge is 0.488 e. The molecule has 0 bridgehead atoms. The number of ether oxygens (including phenoxy) is 2. The van der Waals surface area contributed by atoms with Crippen molar-refractivity contribution in [2.45, 2.75) is 19.4 Å². The molecule has 0 atom stereocenters. The maximum atomic E-state index is 13.6. The lowest BCUT2D eigenvalue weighted by atomic mass is 10.2. The van der Waals surface area contributed by atoms with Gasteiger partial charge in [-0.2, -0.15) is 0 Å². The first-order valence-electron chi connectivity index (χ1n) is 5.93. The highest BCUT2D eigenvalue weighted by molar-refractivity contribution is 5.31. The maximum absolute atomic E-state index is 13.6. The molecule has 0 unspecified atom stereocenters. The van der Waals surface area contributed by atoms with E-state index in [-0.39, 0.29) is 12.4 Å². The van der Waals surface area contributed by atoms with Gasteiger partial charge in [0.05, 0.1) is 6.61 Å². The lowest BCUT2D eigenvalue weighted by Crippen LogP contribution is -2.08. The van der Waals surface area contributed by atoms with Crippen LogP contribution in [-0.4, -0.2) is 27.4 Å². The molecule has 0 fully saturated rings. The lowest BCUT2D eigenvalue weighted by molar-refractivity contribution is 0.182. The van der Waals surface area contributed by atoms with Gasteiger partial charge in [0.25, 0.3) is 0 Å². The van der Waals surface area contributed by atoms with E-state index in [1.54, 1.807) is 14.2 Å². The van der Waals surface area contributed by atoms with Crippen molar-refractivity contribution >= 4 is 0 Å². The summed E-state index contributed by atoms with van der Waals surface area (Å²) in [6.45, 7) is 1.32. The molecule has 0 heterocycles. The van der Waals surface area contributed by atoms with Crippen LogP contribution in [0.15, 0.2) is 12.1 Å². The van der Waals surface area contributed by atoms with Gasteiger partial charge < -0.3 is 14.8 Å². The molecule has 0 radical (unpaired) electrons. The minimum absolute atomic E-state index is 0.280. The minimum Gasteiger partial charge on any atom is -0.488 e. The van der Waals surface area contributed by atoms with E-state index in [9.17, 15) is 8.78 Å². The first-order valence-corrected chi connectivity index (χ1v) is 5.93. The maximum Gasteiger partial charge on any atom is 0.190 e. The molecule has 0 aliphatic carbocycles. The van der Waals surface area contributed by atoms with E-state index in [1.165, 1.54) is 12.1 Å². The molecular weight excluding hydrogens is 240 g/mol. The van der Waals surface area contributed by atoms with E-state index < -0.39 is 11.6 Å². The molecule has 0 spiro atoms. The fourth-order valence-corrected chi connectivity index (χ4v) is 1.58. The van der Waals surface area contributed by atoms with Gasteiger partial charge in [-0.1, -0.05) is 0 Å². The van der Waals surface area contributed by atoms with E-state index in [4.69, 9.17) is 9.47 Å². The summed E-state index contributed by atoms with van der Waals surface area (Å²) in [6.07, 6.45) is 1.50. The van der Waals surface area contributed by atoms with E-state index in [2.05, 4.69) is 5.32 Å². The van der Waals surface area contributed by atoms with E-state index in [0.717, 1.165) is 6.42 Å². The number of rotatable bonds is 8. The van der Waals surface area contributed by atoms with Gasteiger partial charge in [-0.15, -0.1) is 0 Å². The van der Waals surface area contributed by atoms with Gasteiger partial charge in [0, 0.05) is 20.3 Å². The SMILES string of the molecule is CNCc1cc(F)c(OCCCCOC)c(F)c1. The monoisotopic (exact) mass is 259 g/mol. The second-order valence-corrected chi connectivity index (χ2v) is 3.97. The van der Waals surface area contributed by atoms with Crippen LogP contribution in [-0.2, 0) is 11.3 Å². The molecule has 0 saturated carbocycles. The van der Waals surface area contributed by atoms with Crippen molar-refractivity contribution in [2.75, 3.05) is 27.4 Å². The van der Waals surface area contributed by atoms with Crippen molar-refractivity contribution in [3.8, 4) is 5.75 Å². The standard InChI is InChI=1S/C13H19F2NO2/c1-16-9-10-7-11(14)13(12(15)8-10)18-6-4-3-5-17-2/h7-8,16H,3-6,9H2,1-2H3. The van der Waals surface area contributed by atoms with Gasteiger partial charge in [0.1, 0.15) is 0 Å². The van der Waals surface area contributed by atoms with Crippen molar-refractivity contribution in [1.82, 2.24) is 5.32 Å². The molecule has 1 rings (SSSR count). The Hall–Kier alpha value is -1.20. The van der Waals surface area contributed by atoms with Crippen LogP contribution in [0.25, 0.3) is 0 Å². The highest BCUT2D eigenvalue weighted by Crippen LogP contribution is 2.23. The highest BCUT2D eigenvalue weighted by Gasteiger charge is 2.12. The van der Waals surface area contributed by atoms with E-state index in [0.29, 0.717) is 25.1 Å². The second-order valence-electron chi connectivity index (χ2n) is 3.97. The number of methoxy groups -OCH3 is 1. The quantitative estimate of drug-likeness (QED) is 0.728. The third-order valence-electron chi connectivity index (χ3n) is 2.43. The Balaban J connectivity index is 2.54. The smallest absolute Gasteiger partial charge is 0.190 e. The normalized spacial score (nSPS) is 10.7. The highest BCUT2D eigenvalue weighted by atomic mass is 19.1. The molecule has 0 aliphatic heterocycles. The summed E-state index contributed by atoms with van der Waals surface area (Å²) < 4.78 is 37.2. The van der Waals surface area contributed by atoms with Crippen molar-refractivity contribution < 1.29 is 18.3 Å². The van der Waals surface area contributed by atoms with Crippen LogP contribution >= 0.6 is 0 Å². The van der Waals surface area contributed by atoms with Crippen LogP contribution < -0.4 is 10.1 Å². The Kier molecular flexibility index (Phi) is 6.60. The van der Waals surface area contributed by atoms with Crippen molar-refractivity contribution in [2.24, 2.45) is 0 Å². The Bertz CT molecular complexity index is 349. The molecule has 5 heteroatoms. The average molecular weight is 259 g/mol. The van der Waals surface area contributed by atoms with Gasteiger partial charge in [0.15, 0.2) is 17.4 Å². The molecule has 102 valence electrons. The van der Waals surface area contributed by atoms with Crippen LogP contribution in [0, 0.1) is 11.6 Å². The zero-order valence-corrected chi connectivity index (χ0v) is 10.8. The van der Waals surface area contributed by atoms with Crippen LogP contribution in [0.4, 0.5) is 8.78 Å². The zero-order chi connectivity index (χ0) is 13.4. The molecule has 1 aromatic rings. The fourth-order valence-electron chi connectivity index (χ4n) is 1.58. The number of hydrogen-bond acceptors (Lipinski definition) is 3. The molecule has 0 amide bonds. The van der Waals surface area contributed by atoms with E-state index >= 15 is 0 Å². The molecular formula is C13H19F2NO2. The number of benzene rings is 1. The zero-order valence-electron chi connectivity index (χ0n) is 10.8. The summed E-state index contributed by atoms with van der Waals surface area (Å²) in [5, 5.41) is 2.84. The Labute approximate surface area is 106 Å². The predicted octanol–water partition coefficient (Wildman–Crippen LogP) is 2.49. The number of unbranched alkanes of at least 4 members (excludes halogenated alkanes) is 1. The summed E-state index contributed by atoms with van der Waals surface area (Å²) >= 11 is 0. The van der Waals surface area contributed by atoms with Crippen molar-refractivity contribution in [1.29, 1.82) is 0 Å². The van der Waals surface area contributed by atoms with Gasteiger partial charge in [-0.25, -0.2) is 8.78 Å². The van der Waals surface area contributed by atoms with Crippen LogP contribution in [0.5, 0.6) is 5.75 Å². The first kappa shape index (κ1) is 14.9. The lowest BCUT2D eigenvalue weighted by Gasteiger charge is -2.10. The Morgan fingerprint density at radius 3 is 2.28 bits per heavy atom. The molecule has 0 aromatic heterocycles. The Morgan fingerprint density at radius 2 is 1.72 bits per heavy atom. The van der Waals surface area contributed by atoms with Crippen LogP contribution in [0.3, 0.4) is 0 Å². The van der Waals surface area contributed by atoms with Crippen molar-refractivity contribution in [3.63, 3.8) is 0 Å². The van der Waals surface area contributed by atoms with Gasteiger partial charge >= 0.3 is 0 Å². The summed E-state index contributed by atoms with van der Waals surface area (Å²) in [7, 11) is 3.33. The molecule has 3 nitrogen and oxygen atoms in total. The third-order valence-corrected chi connectivity index (χ3v) is 2.43. The third kappa shape index (κ3) is 4.58. The topological polar surface area (TPSA) is 30.5 Å². The molecule has 18 heavy (non-hydrogen) atoms. The Morgan fingerprint density at radius 1 is 1.11 bits per heavy atom. The minimum atomic E-state index is -0.660. The summed E-state index contributed by atoms with van der Waals surface area (Å²) in [5.41, 5.74) is 0.555. The molecule has 0 aliphatic rings. The number of hydrogen-bond donors (Lipinski definition) is 1. The summed E-state index contributed by atoms with van der Waals surface area (Å²) in [6, 6.07) is 2.56. The second kappa shape index (κ2) is 8.00. The van der Waals surface area contributed by atoms with Crippen molar-refractivity contribution in [3.05, 3.63) is 29.3 Å². The number of nitrogens with one attached hydrogen (secondary N) is 1. The fraction of sp³-hybridized carbons (Fsp3) is 0.538. The molecule has 1 N–H and O–H groups in total. The average Bonchev–Trinajstić information content (AvgIpc) is 2.32. The summed E-state index contributed by atoms with van der Waals surface area (Å²) in [5.74, 6) is -1.62. The predicted molar refractivity (Wildman–Crippen MR) is 65.7 cm³/mol. The molecule has 1 aromatic carbocycles. The van der Waals surface area contributed by atoms with E-state index in [1.807, 2.05) is 0 Å². The molecule has 0 saturated heterocycles. The van der Waals surface area contributed by atoms with Gasteiger partial charge in [-0.05, 0) is 37.6 Å². The van der Waals surface area contributed by atoms with Gasteiger partial charge in [0.2, 0.25) is 0 Å². The van der Waals surface area contributed by atoms with Crippen LogP contribution in [0.2, 0.25) is 0 Å². The first-order chi connectivity index (χ1) is 8.69. The van der Waals surface area contributed by atoms with Gasteiger partial charge in [-0.3, -0.25) is 0 Å². The summed E-state index contributed by atoms with van der Waals surface area (Å²) in [4.78, 5) is 0. The van der Waals surface area contributed by atoms with Crippen LogP contribution in [0.1, 0.15) is 18.4 Å².